The Bertz CT molecular complexity index is 3270. The van der Waals surface area contributed by atoms with Crippen molar-refractivity contribution in [3.8, 4) is 46.0 Å². The van der Waals surface area contributed by atoms with Crippen LogP contribution in [0.1, 0.15) is 16.7 Å². The van der Waals surface area contributed by atoms with E-state index in [2.05, 4.69) is 152 Å². The first-order valence-corrected chi connectivity index (χ1v) is 20.8. The van der Waals surface area contributed by atoms with Crippen LogP contribution in [-0.2, 0) is 0 Å². The molecule has 0 bridgehead atoms. The summed E-state index contributed by atoms with van der Waals surface area (Å²) in [5.41, 5.74) is 19.7. The second kappa shape index (κ2) is 11.5. The molecule has 0 radical (unpaired) electrons. The molecule has 8 aromatic carbocycles. The number of nitrogens with zero attached hydrogens (tertiary/aromatic N) is 1. The predicted octanol–water partition coefficient (Wildman–Crippen LogP) is 6.42. The van der Waals surface area contributed by atoms with Crippen LogP contribution in [-0.4, -0.2) is 20.1 Å². The number of fused-ring (bicyclic) bond motifs is 12. The highest BCUT2D eigenvalue weighted by molar-refractivity contribution is 7.03. The number of para-hydroxylation sites is 2. The van der Waals surface area contributed by atoms with Crippen LogP contribution in [0, 0.1) is 20.8 Å². The number of nitrogens with one attached hydrogen (secondary N) is 1. The Labute approximate surface area is 348 Å². The topological polar surface area (TPSA) is 52.2 Å². The summed E-state index contributed by atoms with van der Waals surface area (Å²) in [7, 11) is 0. The van der Waals surface area contributed by atoms with Crippen LogP contribution in [0.15, 0.2) is 140 Å². The van der Waals surface area contributed by atoms with E-state index in [1.54, 1.807) is 0 Å². The van der Waals surface area contributed by atoms with Crippen LogP contribution in [0.3, 0.4) is 0 Å². The van der Waals surface area contributed by atoms with Gasteiger partial charge >= 0.3 is 0 Å². The molecule has 1 N–H and O–H groups in total. The van der Waals surface area contributed by atoms with Gasteiger partial charge in [-0.25, -0.2) is 0 Å². The third-order valence-electron chi connectivity index (χ3n) is 13.5. The molecule has 6 heterocycles. The first-order valence-electron chi connectivity index (χ1n) is 20.8. The van der Waals surface area contributed by atoms with Crippen molar-refractivity contribution in [2.45, 2.75) is 20.8 Å². The molecule has 6 nitrogen and oxygen atoms in total. The normalized spacial score (nSPS) is 14.4. The lowest BCUT2D eigenvalue weighted by molar-refractivity contribution is 0.456. The van der Waals surface area contributed by atoms with Crippen molar-refractivity contribution in [2.24, 2.45) is 0 Å². The average molecular weight is 770 g/mol. The van der Waals surface area contributed by atoms with Crippen molar-refractivity contribution in [1.82, 2.24) is 0 Å². The van der Waals surface area contributed by atoms with Gasteiger partial charge in [0.15, 0.2) is 0 Å². The fourth-order valence-corrected chi connectivity index (χ4v) is 11.3. The van der Waals surface area contributed by atoms with Gasteiger partial charge in [0.2, 0.25) is 0 Å². The van der Waals surface area contributed by atoms with Gasteiger partial charge in [0, 0.05) is 34.3 Å². The van der Waals surface area contributed by atoms with Crippen molar-refractivity contribution >= 4 is 97.7 Å². The van der Waals surface area contributed by atoms with Crippen molar-refractivity contribution in [3.05, 3.63) is 156 Å². The van der Waals surface area contributed by atoms with Crippen LogP contribution < -0.4 is 78.3 Å². The van der Waals surface area contributed by atoms with Gasteiger partial charge in [0.1, 0.15) is 46.0 Å². The van der Waals surface area contributed by atoms with Gasteiger partial charge < -0.3 is 29.2 Å². The second-order valence-corrected chi connectivity index (χ2v) is 17.0. The zero-order valence-electron chi connectivity index (χ0n) is 33.1. The van der Waals surface area contributed by atoms with Crippen LogP contribution in [0.2, 0.25) is 0 Å². The number of benzene rings is 8. The summed E-state index contributed by atoms with van der Waals surface area (Å²) in [6.07, 6.45) is 0. The predicted molar refractivity (Wildman–Crippen MR) is 245 cm³/mol. The Hall–Kier alpha value is -7.25. The molecule has 60 heavy (non-hydrogen) atoms. The monoisotopic (exact) mass is 770 g/mol. The van der Waals surface area contributed by atoms with Crippen LogP contribution in [0.5, 0.6) is 46.0 Å². The van der Waals surface area contributed by atoms with Gasteiger partial charge in [0.25, 0.3) is 20.1 Å². The zero-order valence-corrected chi connectivity index (χ0v) is 33.1. The van der Waals surface area contributed by atoms with E-state index >= 15 is 0 Å². The molecule has 0 atom stereocenters. The third-order valence-corrected chi connectivity index (χ3v) is 13.5. The van der Waals surface area contributed by atoms with E-state index in [4.69, 9.17) is 18.9 Å². The average Bonchev–Trinajstić information content (AvgIpc) is 3.25. The van der Waals surface area contributed by atoms with E-state index in [1.165, 1.54) is 49.7 Å². The molecular formula is C51H33B3N2O4. The summed E-state index contributed by atoms with van der Waals surface area (Å²) >= 11 is 0. The molecule has 9 heteroatoms. The summed E-state index contributed by atoms with van der Waals surface area (Å²) in [5, 5.41) is 3.90. The SMILES string of the molecule is Cc1cc(C)c(N2c3cc4c(cc3B3c5cc6c(cc5Oc5cccc2c53)Oc2cccc3c2B6c2ccccc2O3)B2c3ccccc3Oc3cccc(c32)N4)c(C)c1. The van der Waals surface area contributed by atoms with Crippen molar-refractivity contribution in [3.63, 3.8) is 0 Å². The lowest BCUT2D eigenvalue weighted by atomic mass is 9.30. The summed E-state index contributed by atoms with van der Waals surface area (Å²) in [6.45, 7) is 6.44. The lowest BCUT2D eigenvalue weighted by Gasteiger charge is -2.43. The highest BCUT2D eigenvalue weighted by atomic mass is 16.5. The Morgan fingerprint density at radius 3 is 1.58 bits per heavy atom. The minimum atomic E-state index is -0.133. The first kappa shape index (κ1) is 32.7. The summed E-state index contributed by atoms with van der Waals surface area (Å²) in [6, 6.07) is 49.9. The minimum absolute atomic E-state index is 0.0134. The molecule has 0 amide bonds. The fraction of sp³-hybridized carbons (Fsp3) is 0.0588. The molecule has 14 rings (SSSR count). The van der Waals surface area contributed by atoms with E-state index in [-0.39, 0.29) is 20.1 Å². The molecule has 6 aliphatic heterocycles. The molecule has 0 spiro atoms. The van der Waals surface area contributed by atoms with Crippen LogP contribution in [0.4, 0.5) is 28.4 Å². The minimum Gasteiger partial charge on any atom is -0.458 e. The van der Waals surface area contributed by atoms with Gasteiger partial charge in [-0.2, -0.15) is 0 Å². The summed E-state index contributed by atoms with van der Waals surface area (Å²) in [5.74, 6) is 6.80. The first-order chi connectivity index (χ1) is 29.5. The molecule has 0 aromatic heterocycles. The standard InChI is InChI=1S/C51H33B3N2O4/c1-27-21-28(2)51(29(3)22-27)56-38-14-9-18-43-49(38)54(33-23-32-37(25-39(33)56)55-36-13-8-17-42-48(36)52(32)30-11-4-6-15-40(30)57-42)35-24-34-46(26-47(35)59-43)60-45-20-10-19-44-50(45)53(34)31-12-5-7-16-41(31)58-44/h4-26,55H,1-3H3. The number of hydrogen-bond acceptors (Lipinski definition) is 6. The Kier molecular flexibility index (Phi) is 6.25. The maximum absolute atomic E-state index is 7.05. The molecule has 0 fully saturated rings. The van der Waals surface area contributed by atoms with Gasteiger partial charge in [-0.1, -0.05) is 84.4 Å². The maximum Gasteiger partial charge on any atom is 0.260 e. The largest absolute Gasteiger partial charge is 0.458 e. The Morgan fingerprint density at radius 2 is 0.900 bits per heavy atom. The molecule has 6 aliphatic rings. The van der Waals surface area contributed by atoms with Crippen molar-refractivity contribution < 1.29 is 18.9 Å². The van der Waals surface area contributed by atoms with Gasteiger partial charge in [-0.3, -0.25) is 0 Å². The molecule has 8 aromatic rings. The lowest BCUT2D eigenvalue weighted by Crippen LogP contribution is -2.64. The van der Waals surface area contributed by atoms with Gasteiger partial charge in [-0.15, -0.1) is 0 Å². The summed E-state index contributed by atoms with van der Waals surface area (Å²) in [4.78, 5) is 2.49. The van der Waals surface area contributed by atoms with E-state index in [0.717, 1.165) is 90.6 Å². The quantitative estimate of drug-likeness (QED) is 0.195. The second-order valence-electron chi connectivity index (χ2n) is 17.0. The van der Waals surface area contributed by atoms with E-state index in [0.29, 0.717) is 0 Å². The molecule has 0 saturated heterocycles. The molecular weight excluding hydrogens is 737 g/mol. The van der Waals surface area contributed by atoms with E-state index in [1.807, 2.05) is 18.2 Å². The molecule has 0 saturated carbocycles. The van der Waals surface area contributed by atoms with Crippen molar-refractivity contribution in [1.29, 1.82) is 0 Å². The highest BCUT2D eigenvalue weighted by Gasteiger charge is 2.48. The van der Waals surface area contributed by atoms with Crippen LogP contribution >= 0.6 is 0 Å². The fourth-order valence-electron chi connectivity index (χ4n) is 11.3. The highest BCUT2D eigenvalue weighted by Crippen LogP contribution is 2.45. The Balaban J connectivity index is 1.06. The molecule has 280 valence electrons. The number of hydrogen-bond donors (Lipinski definition) is 1. The van der Waals surface area contributed by atoms with E-state index in [9.17, 15) is 0 Å². The van der Waals surface area contributed by atoms with Crippen molar-refractivity contribution in [2.75, 3.05) is 10.2 Å². The molecule has 0 aliphatic carbocycles. The third kappa shape index (κ3) is 4.21. The Morgan fingerprint density at radius 1 is 0.383 bits per heavy atom. The molecule has 0 unspecified atom stereocenters. The van der Waals surface area contributed by atoms with Crippen LogP contribution in [0.25, 0.3) is 0 Å². The summed E-state index contributed by atoms with van der Waals surface area (Å²) < 4.78 is 26.9. The number of rotatable bonds is 1. The number of aryl methyl sites for hydroxylation is 3. The number of anilines is 5. The smallest absolute Gasteiger partial charge is 0.260 e. The maximum atomic E-state index is 7.05. The van der Waals surface area contributed by atoms with Gasteiger partial charge in [0.05, 0.1) is 5.69 Å². The zero-order chi connectivity index (χ0) is 39.5. The van der Waals surface area contributed by atoms with Gasteiger partial charge in [-0.05, 0) is 130 Å². The van der Waals surface area contributed by atoms with E-state index < -0.39 is 0 Å². The number of ether oxygens (including phenoxy) is 4.